The highest BCUT2D eigenvalue weighted by Gasteiger charge is 2.53. The van der Waals surface area contributed by atoms with Gasteiger partial charge in [0.1, 0.15) is 19.6 Å². The Morgan fingerprint density at radius 2 is 1.40 bits per heavy atom. The first kappa shape index (κ1) is 14.9. The van der Waals surface area contributed by atoms with Crippen molar-refractivity contribution in [3.63, 3.8) is 0 Å². The zero-order chi connectivity index (χ0) is 15.2. The van der Waals surface area contributed by atoms with Gasteiger partial charge in [0.05, 0.1) is 0 Å². The Balaban J connectivity index is 2.45. The topological polar surface area (TPSA) is 87.6 Å². The summed E-state index contributed by atoms with van der Waals surface area (Å²) in [5, 5.41) is 18.9. The largest absolute Gasteiger partial charge is 0.376 e. The minimum absolute atomic E-state index is 0.0836. The normalized spacial score (nSPS) is 34.7. The number of carbonyl (C=O) groups is 2. The fraction of sp³-hybridized carbons (Fsp3) is 0.833. The number of carbonyl (C=O) groups excluding carboxylic acids is 2. The molecule has 8 nitrogen and oxygen atoms in total. The molecule has 0 spiro atoms. The third kappa shape index (κ3) is 1.82. The maximum atomic E-state index is 12.2. The van der Waals surface area contributed by atoms with Crippen LogP contribution in [0.2, 0.25) is 0 Å². The van der Waals surface area contributed by atoms with E-state index in [1.165, 1.54) is 14.7 Å². The second kappa shape index (κ2) is 5.10. The summed E-state index contributed by atoms with van der Waals surface area (Å²) in [6.07, 6.45) is -0.496. The SMILES string of the molecule is C[C@H]1[C@@H]2[C@H](N(C)C(=O)N(CO)[C@H]2C)N(CO)C(=O)N1C. The molecule has 114 valence electrons. The molecule has 0 radical (unpaired) electrons. The van der Waals surface area contributed by atoms with Crippen molar-refractivity contribution in [1.82, 2.24) is 19.6 Å². The lowest BCUT2D eigenvalue weighted by molar-refractivity contribution is -0.104. The molecule has 0 bridgehead atoms. The van der Waals surface area contributed by atoms with Crippen molar-refractivity contribution in [2.75, 3.05) is 27.6 Å². The van der Waals surface area contributed by atoms with Crippen LogP contribution in [0.5, 0.6) is 0 Å². The standard InChI is InChI=1S/C12H22N4O4/c1-7-9-8(2)15(5-17)12(20)14(4)10(9)16(6-18)11(19)13(7)3/h7-10,17-18H,5-6H2,1-4H3/t7-,8-,9-,10+/m0/s1. The Bertz CT molecular complexity index is 418. The molecular formula is C12H22N4O4. The van der Waals surface area contributed by atoms with Gasteiger partial charge >= 0.3 is 12.1 Å². The van der Waals surface area contributed by atoms with Crippen molar-refractivity contribution in [2.45, 2.75) is 32.1 Å². The number of amides is 4. The molecular weight excluding hydrogens is 264 g/mol. The molecule has 2 heterocycles. The van der Waals surface area contributed by atoms with Crippen LogP contribution in [0.25, 0.3) is 0 Å². The van der Waals surface area contributed by atoms with Crippen molar-refractivity contribution in [2.24, 2.45) is 5.92 Å². The van der Waals surface area contributed by atoms with Gasteiger partial charge in [0.2, 0.25) is 0 Å². The third-order valence-electron chi connectivity index (χ3n) is 4.68. The molecule has 4 amide bonds. The van der Waals surface area contributed by atoms with Crippen LogP contribution in [-0.2, 0) is 0 Å². The average molecular weight is 286 g/mol. The van der Waals surface area contributed by atoms with Crippen LogP contribution in [0.15, 0.2) is 0 Å². The summed E-state index contributed by atoms with van der Waals surface area (Å²) in [6, 6.07) is -0.974. The second-order valence-corrected chi connectivity index (χ2v) is 5.48. The molecule has 2 rings (SSSR count). The van der Waals surface area contributed by atoms with Crippen LogP contribution in [0.1, 0.15) is 13.8 Å². The average Bonchev–Trinajstić information content (AvgIpc) is 2.42. The van der Waals surface area contributed by atoms with Crippen molar-refractivity contribution >= 4 is 12.1 Å². The zero-order valence-electron chi connectivity index (χ0n) is 12.2. The molecule has 8 heteroatoms. The van der Waals surface area contributed by atoms with Crippen molar-refractivity contribution in [3.05, 3.63) is 0 Å². The highest BCUT2D eigenvalue weighted by Crippen LogP contribution is 2.36. The Morgan fingerprint density at radius 3 is 1.90 bits per heavy atom. The van der Waals surface area contributed by atoms with E-state index in [0.29, 0.717) is 0 Å². The van der Waals surface area contributed by atoms with E-state index in [1.807, 2.05) is 13.8 Å². The molecule has 2 fully saturated rings. The number of aliphatic hydroxyl groups is 2. The summed E-state index contributed by atoms with van der Waals surface area (Å²) in [6.45, 7) is 2.96. The molecule has 20 heavy (non-hydrogen) atoms. The van der Waals surface area contributed by atoms with Crippen LogP contribution in [0.3, 0.4) is 0 Å². The molecule has 0 aliphatic carbocycles. The van der Waals surface area contributed by atoms with E-state index in [9.17, 15) is 19.8 Å². The van der Waals surface area contributed by atoms with Gasteiger partial charge in [-0.15, -0.1) is 0 Å². The van der Waals surface area contributed by atoms with Gasteiger partial charge in [0.25, 0.3) is 0 Å². The summed E-state index contributed by atoms with van der Waals surface area (Å²) >= 11 is 0. The van der Waals surface area contributed by atoms with Gasteiger partial charge in [0, 0.05) is 32.1 Å². The molecule has 2 aliphatic heterocycles. The second-order valence-electron chi connectivity index (χ2n) is 5.48. The Morgan fingerprint density at radius 1 is 0.900 bits per heavy atom. The van der Waals surface area contributed by atoms with Gasteiger partial charge in [0.15, 0.2) is 0 Å². The molecule has 0 aromatic rings. The number of nitrogens with zero attached hydrogens (tertiary/aromatic N) is 4. The molecule has 0 aromatic carbocycles. The quantitative estimate of drug-likeness (QED) is 0.705. The molecule has 2 aliphatic rings. The minimum atomic E-state index is -0.496. The summed E-state index contributed by atoms with van der Waals surface area (Å²) < 4.78 is 0. The van der Waals surface area contributed by atoms with E-state index in [0.717, 1.165) is 0 Å². The number of urea groups is 2. The Hall–Kier alpha value is -1.54. The lowest BCUT2D eigenvalue weighted by Gasteiger charge is -2.57. The highest BCUT2D eigenvalue weighted by molar-refractivity contribution is 5.80. The molecule has 0 unspecified atom stereocenters. The third-order valence-corrected chi connectivity index (χ3v) is 4.68. The van der Waals surface area contributed by atoms with Gasteiger partial charge in [-0.05, 0) is 13.8 Å². The zero-order valence-corrected chi connectivity index (χ0v) is 12.2. The number of fused-ring (bicyclic) bond motifs is 1. The first-order chi connectivity index (χ1) is 9.36. The number of hydrogen-bond acceptors (Lipinski definition) is 4. The van der Waals surface area contributed by atoms with Crippen molar-refractivity contribution in [3.8, 4) is 0 Å². The van der Waals surface area contributed by atoms with E-state index in [2.05, 4.69) is 0 Å². The van der Waals surface area contributed by atoms with Crippen LogP contribution in [0.4, 0.5) is 9.59 Å². The lowest BCUT2D eigenvalue weighted by Crippen LogP contribution is -2.75. The minimum Gasteiger partial charge on any atom is -0.376 e. The van der Waals surface area contributed by atoms with Crippen LogP contribution in [0, 0.1) is 5.92 Å². The predicted molar refractivity (Wildman–Crippen MR) is 70.4 cm³/mol. The van der Waals surface area contributed by atoms with Gasteiger partial charge < -0.3 is 20.0 Å². The van der Waals surface area contributed by atoms with Crippen LogP contribution >= 0.6 is 0 Å². The van der Waals surface area contributed by atoms with Crippen LogP contribution < -0.4 is 0 Å². The first-order valence-electron chi connectivity index (χ1n) is 6.65. The summed E-state index contributed by atoms with van der Waals surface area (Å²) in [4.78, 5) is 30.1. The lowest BCUT2D eigenvalue weighted by atomic mass is 9.84. The number of hydrogen-bond donors (Lipinski definition) is 2. The van der Waals surface area contributed by atoms with Gasteiger partial charge in [-0.1, -0.05) is 0 Å². The molecule has 0 saturated carbocycles. The summed E-state index contributed by atoms with van der Waals surface area (Å²) in [7, 11) is 3.26. The Labute approximate surface area is 118 Å². The fourth-order valence-corrected chi connectivity index (χ4v) is 3.36. The number of aliphatic hydroxyl groups excluding tert-OH is 2. The predicted octanol–water partition coefficient (Wildman–Crippen LogP) is -0.660. The molecule has 2 N–H and O–H groups in total. The van der Waals surface area contributed by atoms with Crippen LogP contribution in [-0.4, -0.2) is 87.7 Å². The van der Waals surface area contributed by atoms with Gasteiger partial charge in [-0.25, -0.2) is 9.59 Å². The van der Waals surface area contributed by atoms with Gasteiger partial charge in [-0.3, -0.25) is 9.80 Å². The maximum absolute atomic E-state index is 12.2. The van der Waals surface area contributed by atoms with E-state index in [1.54, 1.807) is 19.0 Å². The van der Waals surface area contributed by atoms with Crippen molar-refractivity contribution in [1.29, 1.82) is 0 Å². The Kier molecular flexibility index (Phi) is 3.79. The molecule has 2 saturated heterocycles. The van der Waals surface area contributed by atoms with Gasteiger partial charge in [-0.2, -0.15) is 0 Å². The maximum Gasteiger partial charge on any atom is 0.323 e. The van der Waals surface area contributed by atoms with E-state index < -0.39 is 12.9 Å². The first-order valence-corrected chi connectivity index (χ1v) is 6.65. The van der Waals surface area contributed by atoms with Crippen molar-refractivity contribution < 1.29 is 19.8 Å². The van der Waals surface area contributed by atoms with E-state index in [-0.39, 0.29) is 36.8 Å². The fourth-order valence-electron chi connectivity index (χ4n) is 3.36. The van der Waals surface area contributed by atoms with E-state index >= 15 is 0 Å². The highest BCUT2D eigenvalue weighted by atomic mass is 16.3. The number of rotatable bonds is 2. The molecule has 0 aromatic heterocycles. The van der Waals surface area contributed by atoms with E-state index in [4.69, 9.17) is 0 Å². The monoisotopic (exact) mass is 286 g/mol. The summed E-state index contributed by atoms with van der Waals surface area (Å²) in [5.41, 5.74) is 0. The smallest absolute Gasteiger partial charge is 0.323 e. The molecule has 4 atom stereocenters. The summed E-state index contributed by atoms with van der Waals surface area (Å²) in [5.74, 6) is -0.0836.